The van der Waals surface area contributed by atoms with E-state index in [4.69, 9.17) is 0 Å². The molecule has 2 aliphatic heterocycles. The van der Waals surface area contributed by atoms with Crippen molar-refractivity contribution < 1.29 is 13.2 Å². The fraction of sp³-hybridized carbons (Fsp3) is 0.733. The molecule has 0 aromatic carbocycles. The molecule has 1 unspecified atom stereocenters. The maximum absolute atomic E-state index is 13.0. The first-order valence-electron chi connectivity index (χ1n) is 8.48. The molecule has 0 saturated carbocycles. The van der Waals surface area contributed by atoms with Gasteiger partial charge >= 0.3 is 0 Å². The summed E-state index contributed by atoms with van der Waals surface area (Å²) in [6.07, 6.45) is 5.59. The molecule has 1 aromatic heterocycles. The molecular weight excluding hydrogens is 330 g/mol. The number of amides is 1. The number of nitrogens with zero attached hydrogens (tertiary/aromatic N) is 2. The fourth-order valence-electron chi connectivity index (χ4n) is 3.52. The molecular formula is C15H25N5O3S. The van der Waals surface area contributed by atoms with Gasteiger partial charge in [0.2, 0.25) is 10.0 Å². The molecule has 2 aliphatic rings. The first kappa shape index (κ1) is 17.4. The molecule has 0 spiro atoms. The van der Waals surface area contributed by atoms with Gasteiger partial charge in [0.1, 0.15) is 0 Å². The Kier molecular flexibility index (Phi) is 5.21. The minimum Gasteiger partial charge on any atom is -0.334 e. The summed E-state index contributed by atoms with van der Waals surface area (Å²) in [7, 11) is -3.20. The Hall–Kier alpha value is -1.45. The van der Waals surface area contributed by atoms with Crippen LogP contribution in [0, 0.1) is 0 Å². The summed E-state index contributed by atoms with van der Waals surface area (Å²) >= 11 is 0. The van der Waals surface area contributed by atoms with E-state index in [-0.39, 0.29) is 11.9 Å². The molecule has 1 amide bonds. The van der Waals surface area contributed by atoms with E-state index in [1.807, 2.05) is 4.90 Å². The van der Waals surface area contributed by atoms with Crippen LogP contribution in [-0.4, -0.2) is 61.4 Å². The van der Waals surface area contributed by atoms with Crippen molar-refractivity contribution in [1.82, 2.24) is 25.1 Å². The molecule has 24 heavy (non-hydrogen) atoms. The maximum atomic E-state index is 13.0. The van der Waals surface area contributed by atoms with Crippen LogP contribution in [0.25, 0.3) is 0 Å². The third-order valence-corrected chi connectivity index (χ3v) is 5.47. The van der Waals surface area contributed by atoms with Crippen LogP contribution in [0.4, 0.5) is 0 Å². The topological polar surface area (TPSA) is 107 Å². The minimum atomic E-state index is -3.20. The molecule has 0 bridgehead atoms. The molecule has 3 rings (SSSR count). The summed E-state index contributed by atoms with van der Waals surface area (Å²) in [5, 5.41) is 10.5. The summed E-state index contributed by atoms with van der Waals surface area (Å²) < 4.78 is 25.0. The van der Waals surface area contributed by atoms with Gasteiger partial charge in [-0.3, -0.25) is 9.89 Å². The predicted octanol–water partition coefficient (Wildman–Crippen LogP) is -0.0106. The highest BCUT2D eigenvalue weighted by molar-refractivity contribution is 7.88. The number of hydrogen-bond acceptors (Lipinski definition) is 5. The Balaban J connectivity index is 1.70. The SMILES string of the molecule is CS(=O)(=O)NCCC1CCCCN1C(=O)c1n[nH]c2c1CNCC2. The number of carbonyl (C=O) groups excluding carboxylic acids is 1. The third-order valence-electron chi connectivity index (χ3n) is 4.74. The van der Waals surface area contributed by atoms with Crippen molar-refractivity contribution in [2.75, 3.05) is 25.9 Å². The lowest BCUT2D eigenvalue weighted by Crippen LogP contribution is -2.45. The lowest BCUT2D eigenvalue weighted by atomic mass is 9.98. The molecule has 1 atom stereocenters. The Labute approximate surface area is 142 Å². The van der Waals surface area contributed by atoms with Crippen LogP contribution in [0.1, 0.15) is 47.4 Å². The lowest BCUT2D eigenvalue weighted by Gasteiger charge is -2.35. The molecule has 134 valence electrons. The van der Waals surface area contributed by atoms with Gasteiger partial charge in [0.15, 0.2) is 5.69 Å². The Morgan fingerprint density at radius 3 is 3.04 bits per heavy atom. The number of hydrogen-bond donors (Lipinski definition) is 3. The van der Waals surface area contributed by atoms with E-state index in [0.717, 1.165) is 49.7 Å². The van der Waals surface area contributed by atoms with Crippen LogP contribution >= 0.6 is 0 Å². The second kappa shape index (κ2) is 7.20. The van der Waals surface area contributed by atoms with Gasteiger partial charge in [0.25, 0.3) is 5.91 Å². The third kappa shape index (κ3) is 3.96. The average molecular weight is 355 g/mol. The molecule has 8 nitrogen and oxygen atoms in total. The van der Waals surface area contributed by atoms with Crippen LogP contribution in [-0.2, 0) is 23.0 Å². The zero-order valence-corrected chi connectivity index (χ0v) is 14.8. The smallest absolute Gasteiger partial charge is 0.274 e. The second-order valence-electron chi connectivity index (χ2n) is 6.56. The molecule has 1 fully saturated rings. The molecule has 3 N–H and O–H groups in total. The van der Waals surface area contributed by atoms with E-state index >= 15 is 0 Å². The fourth-order valence-corrected chi connectivity index (χ4v) is 4.01. The van der Waals surface area contributed by atoms with Crippen molar-refractivity contribution in [3.05, 3.63) is 17.0 Å². The van der Waals surface area contributed by atoms with E-state index in [1.54, 1.807) is 0 Å². The summed E-state index contributed by atoms with van der Waals surface area (Å²) in [4.78, 5) is 14.9. The van der Waals surface area contributed by atoms with Crippen molar-refractivity contribution >= 4 is 15.9 Å². The molecule has 0 aliphatic carbocycles. The number of likely N-dealkylation sites (tertiary alicyclic amines) is 1. The van der Waals surface area contributed by atoms with Crippen LogP contribution < -0.4 is 10.0 Å². The molecule has 1 aromatic rings. The summed E-state index contributed by atoms with van der Waals surface area (Å²) in [5.41, 5.74) is 2.54. The summed E-state index contributed by atoms with van der Waals surface area (Å²) in [5.74, 6) is -0.0414. The molecule has 0 radical (unpaired) electrons. The highest BCUT2D eigenvalue weighted by Gasteiger charge is 2.31. The van der Waals surface area contributed by atoms with Crippen molar-refractivity contribution in [2.24, 2.45) is 0 Å². The Bertz CT molecular complexity index is 700. The normalized spacial score (nSPS) is 21.5. The zero-order chi connectivity index (χ0) is 17.2. The number of rotatable bonds is 5. The highest BCUT2D eigenvalue weighted by Crippen LogP contribution is 2.24. The van der Waals surface area contributed by atoms with E-state index in [2.05, 4.69) is 20.2 Å². The molecule has 3 heterocycles. The van der Waals surface area contributed by atoms with E-state index in [1.165, 1.54) is 0 Å². The Morgan fingerprint density at radius 2 is 2.25 bits per heavy atom. The van der Waals surface area contributed by atoms with Crippen molar-refractivity contribution in [3.63, 3.8) is 0 Å². The van der Waals surface area contributed by atoms with Crippen molar-refractivity contribution in [3.8, 4) is 0 Å². The number of aromatic nitrogens is 2. The average Bonchev–Trinajstić information content (AvgIpc) is 2.97. The summed E-state index contributed by atoms with van der Waals surface area (Å²) in [6, 6.07) is 0.0596. The van der Waals surface area contributed by atoms with E-state index in [9.17, 15) is 13.2 Å². The molecule has 1 saturated heterocycles. The largest absolute Gasteiger partial charge is 0.334 e. The van der Waals surface area contributed by atoms with Gasteiger partial charge in [-0.25, -0.2) is 13.1 Å². The van der Waals surface area contributed by atoms with E-state index < -0.39 is 10.0 Å². The van der Waals surface area contributed by atoms with Gasteiger partial charge in [-0.1, -0.05) is 0 Å². The van der Waals surface area contributed by atoms with Gasteiger partial charge in [0.05, 0.1) is 6.26 Å². The van der Waals surface area contributed by atoms with Gasteiger partial charge in [-0.05, 0) is 25.7 Å². The van der Waals surface area contributed by atoms with Gasteiger partial charge < -0.3 is 10.2 Å². The number of nitrogens with one attached hydrogen (secondary N) is 3. The quantitative estimate of drug-likeness (QED) is 0.689. The first-order chi connectivity index (χ1) is 11.5. The zero-order valence-electron chi connectivity index (χ0n) is 14.0. The van der Waals surface area contributed by atoms with Crippen LogP contribution in [0.3, 0.4) is 0 Å². The molecule has 9 heteroatoms. The van der Waals surface area contributed by atoms with Gasteiger partial charge in [0, 0.05) is 49.9 Å². The summed E-state index contributed by atoms with van der Waals surface area (Å²) in [6.45, 7) is 2.62. The minimum absolute atomic E-state index is 0.0414. The number of piperidine rings is 1. The second-order valence-corrected chi connectivity index (χ2v) is 8.39. The number of carbonyl (C=O) groups is 1. The standard InChI is InChI=1S/C15H25N5O3S/c1-24(22,23)17-8-5-11-4-2-3-9-20(11)15(21)14-12-10-16-7-6-13(12)18-19-14/h11,16-17H,2-10H2,1H3,(H,18,19). The van der Waals surface area contributed by atoms with Gasteiger partial charge in [-0.15, -0.1) is 0 Å². The van der Waals surface area contributed by atoms with Crippen molar-refractivity contribution in [2.45, 2.75) is 44.7 Å². The number of aromatic amines is 1. The number of fused-ring (bicyclic) bond motifs is 1. The highest BCUT2D eigenvalue weighted by atomic mass is 32.2. The van der Waals surface area contributed by atoms with Crippen LogP contribution in [0.2, 0.25) is 0 Å². The van der Waals surface area contributed by atoms with Crippen molar-refractivity contribution in [1.29, 1.82) is 0 Å². The lowest BCUT2D eigenvalue weighted by molar-refractivity contribution is 0.0596. The van der Waals surface area contributed by atoms with Crippen LogP contribution in [0.15, 0.2) is 0 Å². The Morgan fingerprint density at radius 1 is 1.42 bits per heavy atom. The predicted molar refractivity (Wildman–Crippen MR) is 90.1 cm³/mol. The number of H-pyrrole nitrogens is 1. The van der Waals surface area contributed by atoms with Crippen LogP contribution in [0.5, 0.6) is 0 Å². The van der Waals surface area contributed by atoms with Gasteiger partial charge in [-0.2, -0.15) is 5.10 Å². The monoisotopic (exact) mass is 355 g/mol. The maximum Gasteiger partial charge on any atom is 0.274 e. The first-order valence-corrected chi connectivity index (χ1v) is 10.4. The number of sulfonamides is 1. The van der Waals surface area contributed by atoms with E-state index in [0.29, 0.717) is 31.7 Å².